The minimum Gasteiger partial charge on any atom is -0.354 e. The Morgan fingerprint density at radius 3 is 2.65 bits per heavy atom. The van der Waals surface area contributed by atoms with E-state index in [1.807, 2.05) is 25.2 Å². The maximum atomic E-state index is 12.7. The van der Waals surface area contributed by atoms with Crippen molar-refractivity contribution < 1.29 is 4.79 Å². The van der Waals surface area contributed by atoms with Crippen LogP contribution in [0.2, 0.25) is 0 Å². The molecule has 1 fully saturated rings. The highest BCUT2D eigenvalue weighted by atomic mass is 16.1. The molecular weight excluding hydrogens is 284 g/mol. The molecule has 1 aliphatic rings. The summed E-state index contributed by atoms with van der Waals surface area (Å²) in [5, 5.41) is 3.08. The van der Waals surface area contributed by atoms with Crippen LogP contribution in [0.4, 0.5) is 0 Å². The van der Waals surface area contributed by atoms with Gasteiger partial charge in [0.25, 0.3) is 0 Å². The second-order valence-electron chi connectivity index (χ2n) is 7.19. The highest BCUT2D eigenvalue weighted by Gasteiger charge is 2.35. The van der Waals surface area contributed by atoms with Crippen molar-refractivity contribution in [1.29, 1.82) is 0 Å². The van der Waals surface area contributed by atoms with E-state index >= 15 is 0 Å². The van der Waals surface area contributed by atoms with Crippen molar-refractivity contribution in [1.82, 2.24) is 5.32 Å². The molecule has 3 unspecified atom stereocenters. The molecule has 0 radical (unpaired) electrons. The van der Waals surface area contributed by atoms with Gasteiger partial charge in [0, 0.05) is 18.5 Å². The van der Waals surface area contributed by atoms with Gasteiger partial charge in [0.15, 0.2) is 0 Å². The van der Waals surface area contributed by atoms with Crippen LogP contribution in [0.3, 0.4) is 0 Å². The van der Waals surface area contributed by atoms with Gasteiger partial charge < -0.3 is 11.1 Å². The fourth-order valence-electron chi connectivity index (χ4n) is 3.59. The highest BCUT2D eigenvalue weighted by Crippen LogP contribution is 2.38. The van der Waals surface area contributed by atoms with Gasteiger partial charge in [-0.25, -0.2) is 0 Å². The molecular formula is C20H34N2O. The van der Waals surface area contributed by atoms with E-state index in [9.17, 15) is 4.79 Å². The van der Waals surface area contributed by atoms with Crippen molar-refractivity contribution in [3.63, 3.8) is 0 Å². The number of carbonyl (C=O) groups is 1. The molecule has 0 spiro atoms. The number of carbonyl (C=O) groups excluding carboxylic acids is 1. The second-order valence-corrected chi connectivity index (χ2v) is 7.19. The van der Waals surface area contributed by atoms with Crippen LogP contribution in [-0.4, -0.2) is 18.5 Å². The zero-order valence-electron chi connectivity index (χ0n) is 15.2. The quantitative estimate of drug-likeness (QED) is 0.701. The predicted molar refractivity (Wildman–Crippen MR) is 98.9 cm³/mol. The predicted octanol–water partition coefficient (Wildman–Crippen LogP) is 3.83. The summed E-state index contributed by atoms with van der Waals surface area (Å²) in [5.74, 6) is 1.96. The Kier molecular flexibility index (Phi) is 8.32. The monoisotopic (exact) mass is 318 g/mol. The minimum atomic E-state index is -0.202. The first-order valence-corrected chi connectivity index (χ1v) is 8.89. The third-order valence-electron chi connectivity index (χ3n) is 4.95. The van der Waals surface area contributed by atoms with Gasteiger partial charge in [-0.15, -0.1) is 0 Å². The van der Waals surface area contributed by atoms with Gasteiger partial charge in [-0.3, -0.25) is 4.79 Å². The molecule has 0 bridgehead atoms. The molecule has 23 heavy (non-hydrogen) atoms. The summed E-state index contributed by atoms with van der Waals surface area (Å²) >= 11 is 0. The van der Waals surface area contributed by atoms with Crippen molar-refractivity contribution in [3.8, 4) is 0 Å². The van der Waals surface area contributed by atoms with Crippen LogP contribution in [-0.2, 0) is 4.79 Å². The summed E-state index contributed by atoms with van der Waals surface area (Å²) in [6, 6.07) is -0.202. The van der Waals surface area contributed by atoms with Crippen LogP contribution in [0.25, 0.3) is 0 Å². The third kappa shape index (κ3) is 5.98. The molecule has 3 N–H and O–H groups in total. The van der Waals surface area contributed by atoms with Crippen molar-refractivity contribution in [3.05, 3.63) is 36.5 Å². The Bertz CT molecular complexity index is 451. The lowest BCUT2D eigenvalue weighted by Crippen LogP contribution is -2.44. The van der Waals surface area contributed by atoms with E-state index in [0.29, 0.717) is 24.3 Å². The minimum absolute atomic E-state index is 0.125. The van der Waals surface area contributed by atoms with Crippen LogP contribution in [0.5, 0.6) is 0 Å². The zero-order valence-corrected chi connectivity index (χ0v) is 15.2. The lowest BCUT2D eigenvalue weighted by atomic mass is 9.70. The highest BCUT2D eigenvalue weighted by molar-refractivity contribution is 5.79. The molecule has 0 aromatic heterocycles. The average molecular weight is 319 g/mol. The summed E-state index contributed by atoms with van der Waals surface area (Å²) < 4.78 is 0. The van der Waals surface area contributed by atoms with Crippen LogP contribution < -0.4 is 11.1 Å². The molecule has 0 aliphatic heterocycles. The summed E-state index contributed by atoms with van der Waals surface area (Å²) in [5.41, 5.74) is 7.19. The van der Waals surface area contributed by atoms with Crippen LogP contribution >= 0.6 is 0 Å². The number of rotatable bonds is 7. The first-order valence-electron chi connectivity index (χ1n) is 8.89. The number of allylic oxidation sites excluding steroid dienone is 3. The van der Waals surface area contributed by atoms with E-state index in [4.69, 9.17) is 5.73 Å². The Morgan fingerprint density at radius 1 is 1.39 bits per heavy atom. The largest absolute Gasteiger partial charge is 0.354 e. The number of nitrogens with one attached hydrogen (secondary N) is 1. The molecule has 1 saturated carbocycles. The first kappa shape index (κ1) is 19.7. The summed E-state index contributed by atoms with van der Waals surface area (Å²) in [4.78, 5) is 12.7. The molecule has 1 rings (SSSR count). The first-order chi connectivity index (χ1) is 10.9. The summed E-state index contributed by atoms with van der Waals surface area (Å²) in [6.45, 7) is 12.8. The van der Waals surface area contributed by atoms with E-state index in [2.05, 4.69) is 32.7 Å². The van der Waals surface area contributed by atoms with E-state index in [-0.39, 0.29) is 17.9 Å². The van der Waals surface area contributed by atoms with E-state index in [1.54, 1.807) is 6.08 Å². The smallest absolute Gasteiger partial charge is 0.223 e. The Morgan fingerprint density at radius 2 is 2.09 bits per heavy atom. The molecule has 0 aromatic carbocycles. The zero-order chi connectivity index (χ0) is 17.4. The lowest BCUT2D eigenvalue weighted by molar-refractivity contribution is -0.129. The normalized spacial score (nSPS) is 27.2. The topological polar surface area (TPSA) is 55.1 Å². The van der Waals surface area contributed by atoms with Gasteiger partial charge in [-0.1, -0.05) is 58.1 Å². The molecule has 0 aromatic rings. The number of amides is 1. The Labute approximate surface area is 142 Å². The maximum Gasteiger partial charge on any atom is 0.223 e. The Balaban J connectivity index is 2.66. The summed E-state index contributed by atoms with van der Waals surface area (Å²) in [7, 11) is 0. The second kappa shape index (κ2) is 9.71. The van der Waals surface area contributed by atoms with E-state index in [1.165, 1.54) is 6.42 Å². The van der Waals surface area contributed by atoms with Crippen molar-refractivity contribution in [2.75, 3.05) is 6.54 Å². The van der Waals surface area contributed by atoms with Gasteiger partial charge in [0.05, 0.1) is 0 Å². The fraction of sp³-hybridized carbons (Fsp3) is 0.650. The molecule has 1 aliphatic carbocycles. The summed E-state index contributed by atoms with van der Waals surface area (Å²) in [6.07, 6.45) is 10.9. The van der Waals surface area contributed by atoms with Crippen LogP contribution in [0.1, 0.15) is 47.0 Å². The standard InChI is InChI=1S/C20H34N2O/c1-6-8-16(9-7-2)19(21)13-22-20(23)18-12-15(5)10-11-17(18)14(3)4/h6-9,14-15,17-19H,1,10-13,21H2,2-5H3,(H,22,23)/b9-7-,16-8+/t15?,17-,18?,19?/m0/s1. The third-order valence-corrected chi connectivity index (χ3v) is 4.95. The van der Waals surface area contributed by atoms with Gasteiger partial charge in [-0.2, -0.15) is 0 Å². The van der Waals surface area contributed by atoms with Crippen molar-refractivity contribution >= 4 is 5.91 Å². The Hall–Kier alpha value is -1.35. The van der Waals surface area contributed by atoms with Crippen molar-refractivity contribution in [2.24, 2.45) is 29.4 Å². The maximum absolute atomic E-state index is 12.7. The van der Waals surface area contributed by atoms with Crippen molar-refractivity contribution in [2.45, 2.75) is 53.0 Å². The van der Waals surface area contributed by atoms with Gasteiger partial charge in [0.2, 0.25) is 5.91 Å². The lowest BCUT2D eigenvalue weighted by Gasteiger charge is -2.36. The molecule has 130 valence electrons. The molecule has 0 saturated heterocycles. The van der Waals surface area contributed by atoms with Crippen LogP contribution in [0, 0.1) is 23.7 Å². The average Bonchev–Trinajstić information content (AvgIpc) is 2.51. The number of hydrogen-bond donors (Lipinski definition) is 2. The molecule has 3 nitrogen and oxygen atoms in total. The van der Waals surface area contributed by atoms with E-state index < -0.39 is 0 Å². The molecule has 3 heteroatoms. The van der Waals surface area contributed by atoms with Crippen LogP contribution in [0.15, 0.2) is 36.5 Å². The number of hydrogen-bond acceptors (Lipinski definition) is 2. The van der Waals surface area contributed by atoms with Gasteiger partial charge >= 0.3 is 0 Å². The fourth-order valence-corrected chi connectivity index (χ4v) is 3.59. The van der Waals surface area contributed by atoms with Gasteiger partial charge in [0.1, 0.15) is 0 Å². The number of nitrogens with two attached hydrogens (primary N) is 1. The van der Waals surface area contributed by atoms with E-state index in [0.717, 1.165) is 18.4 Å². The van der Waals surface area contributed by atoms with Gasteiger partial charge in [-0.05, 0) is 43.1 Å². The molecule has 0 heterocycles. The SMILES string of the molecule is C=C/C=C(\C=C/C)C(N)CNC(=O)C1CC(C)CC[C@H]1C(C)C. The molecule has 1 amide bonds. The molecule has 4 atom stereocenters.